The van der Waals surface area contributed by atoms with E-state index in [1.54, 1.807) is 5.57 Å². The van der Waals surface area contributed by atoms with Gasteiger partial charge in [0, 0.05) is 5.41 Å². The van der Waals surface area contributed by atoms with Crippen LogP contribution in [-0.4, -0.2) is 22.9 Å². The van der Waals surface area contributed by atoms with Crippen molar-refractivity contribution in [2.24, 2.45) is 50.2 Å². The summed E-state index contributed by atoms with van der Waals surface area (Å²) in [5, 5.41) is 21.3. The Hall–Kier alpha value is -0.600. The lowest BCUT2D eigenvalue weighted by Gasteiger charge is -2.71. The van der Waals surface area contributed by atoms with Crippen molar-refractivity contribution in [3.05, 3.63) is 23.8 Å². The lowest BCUT2D eigenvalue weighted by Crippen LogP contribution is -2.65. The summed E-state index contributed by atoms with van der Waals surface area (Å²) < 4.78 is 0. The molecule has 2 nitrogen and oxygen atoms in total. The first-order valence-electron chi connectivity index (χ1n) is 13.5. The fraction of sp³-hybridized carbons (Fsp3) is 0.867. The molecule has 0 saturated heterocycles. The molecule has 3 fully saturated rings. The summed E-state index contributed by atoms with van der Waals surface area (Å²) in [4.78, 5) is 0. The van der Waals surface area contributed by atoms with E-state index in [0.717, 1.165) is 19.3 Å². The Bertz CT molecular complexity index is 855. The van der Waals surface area contributed by atoms with Crippen LogP contribution < -0.4 is 0 Å². The van der Waals surface area contributed by atoms with Gasteiger partial charge in [-0.2, -0.15) is 0 Å². The Morgan fingerprint density at radius 3 is 2.28 bits per heavy atom. The molecule has 32 heavy (non-hydrogen) atoms. The van der Waals surface area contributed by atoms with Crippen molar-refractivity contribution < 1.29 is 10.2 Å². The number of rotatable bonds is 1. The molecule has 3 unspecified atom stereocenters. The summed E-state index contributed by atoms with van der Waals surface area (Å²) in [5.74, 6) is 1.71. The second-order valence-electron chi connectivity index (χ2n) is 14.6. The van der Waals surface area contributed by atoms with Gasteiger partial charge in [0.05, 0.1) is 12.7 Å². The third-order valence-corrected chi connectivity index (χ3v) is 12.6. The number of hydrogen-bond acceptors (Lipinski definition) is 2. The normalized spacial score (nSPS) is 56.3. The summed E-state index contributed by atoms with van der Waals surface area (Å²) in [6.07, 6.45) is 16.8. The van der Waals surface area contributed by atoms with Crippen LogP contribution in [0.3, 0.4) is 0 Å². The SMILES string of the molecule is CC1(C)C=C[C@]2(C)CCC3(C)C(=CCC4[C@@]5(C)CC[C@H](O)[C@](C)(CO)C5CC[C@]43C)[C@@H]2C1. The standard InChI is InChI=1S/C30H48O2/c1-25(2)14-15-26(3)16-17-29(6)20(21(26)18-25)8-9-23-27(4)12-11-24(32)28(5,19-31)22(27)10-13-30(23,29)7/h8,14-15,21-24,31-32H,9-13,16-19H2,1-7H3/t21-,22?,23?,24-,26+,27-,28+,29?,30+/m0/s1. The third-order valence-electron chi connectivity index (χ3n) is 12.6. The molecule has 0 aromatic rings. The lowest BCUT2D eigenvalue weighted by atomic mass is 9.34. The molecule has 0 aromatic carbocycles. The van der Waals surface area contributed by atoms with Gasteiger partial charge >= 0.3 is 0 Å². The van der Waals surface area contributed by atoms with Crippen molar-refractivity contribution in [2.75, 3.05) is 6.61 Å². The Balaban J connectivity index is 1.58. The summed E-state index contributed by atoms with van der Waals surface area (Å²) in [6.45, 7) is 17.4. The van der Waals surface area contributed by atoms with Crippen LogP contribution in [0.2, 0.25) is 0 Å². The van der Waals surface area contributed by atoms with Gasteiger partial charge in [0.15, 0.2) is 0 Å². The molecule has 5 rings (SSSR count). The molecule has 5 aliphatic carbocycles. The molecule has 0 aliphatic heterocycles. The third kappa shape index (κ3) is 2.72. The monoisotopic (exact) mass is 440 g/mol. The molecule has 180 valence electrons. The van der Waals surface area contributed by atoms with Crippen LogP contribution in [0.25, 0.3) is 0 Å². The second kappa shape index (κ2) is 6.75. The first kappa shape index (κ1) is 23.2. The Morgan fingerprint density at radius 1 is 0.875 bits per heavy atom. The quantitative estimate of drug-likeness (QED) is 0.435. The van der Waals surface area contributed by atoms with Crippen LogP contribution in [-0.2, 0) is 0 Å². The number of fused-ring (bicyclic) bond motifs is 7. The zero-order valence-electron chi connectivity index (χ0n) is 21.8. The lowest BCUT2D eigenvalue weighted by molar-refractivity contribution is -0.213. The average molecular weight is 441 g/mol. The summed E-state index contributed by atoms with van der Waals surface area (Å²) >= 11 is 0. The molecular formula is C30H48O2. The molecule has 9 atom stereocenters. The maximum absolute atomic E-state index is 10.9. The predicted octanol–water partition coefficient (Wildman–Crippen LogP) is 6.92. The Morgan fingerprint density at radius 2 is 1.59 bits per heavy atom. The van der Waals surface area contributed by atoms with Gasteiger partial charge in [-0.15, -0.1) is 0 Å². The first-order chi connectivity index (χ1) is 14.8. The highest BCUT2D eigenvalue weighted by atomic mass is 16.3. The highest BCUT2D eigenvalue weighted by Gasteiger charge is 2.68. The minimum absolute atomic E-state index is 0.109. The molecule has 0 amide bonds. The van der Waals surface area contributed by atoms with Gasteiger partial charge in [-0.05, 0) is 96.2 Å². The minimum atomic E-state index is -0.369. The van der Waals surface area contributed by atoms with Crippen LogP contribution in [0.15, 0.2) is 23.8 Å². The number of allylic oxidation sites excluding steroid dienone is 4. The topological polar surface area (TPSA) is 40.5 Å². The molecule has 2 heteroatoms. The number of hydrogen-bond donors (Lipinski definition) is 2. The van der Waals surface area contributed by atoms with Gasteiger partial charge in [-0.25, -0.2) is 0 Å². The van der Waals surface area contributed by atoms with Gasteiger partial charge in [-0.1, -0.05) is 72.3 Å². The molecule has 0 radical (unpaired) electrons. The molecule has 5 aliphatic rings. The zero-order chi connectivity index (χ0) is 23.4. The van der Waals surface area contributed by atoms with Crippen LogP contribution in [0, 0.1) is 50.2 Å². The predicted molar refractivity (Wildman–Crippen MR) is 132 cm³/mol. The molecule has 2 N–H and O–H groups in total. The van der Waals surface area contributed by atoms with Crippen LogP contribution in [0.1, 0.15) is 99.8 Å². The maximum atomic E-state index is 10.9. The van der Waals surface area contributed by atoms with Crippen molar-refractivity contribution in [3.8, 4) is 0 Å². The van der Waals surface area contributed by atoms with Gasteiger partial charge < -0.3 is 10.2 Å². The molecule has 3 saturated carbocycles. The van der Waals surface area contributed by atoms with E-state index < -0.39 is 0 Å². The highest BCUT2D eigenvalue weighted by Crippen LogP contribution is 2.75. The fourth-order valence-corrected chi connectivity index (χ4v) is 10.1. The van der Waals surface area contributed by atoms with E-state index in [1.807, 2.05) is 0 Å². The van der Waals surface area contributed by atoms with Crippen LogP contribution >= 0.6 is 0 Å². The number of aliphatic hydroxyl groups excluding tert-OH is 2. The summed E-state index contributed by atoms with van der Waals surface area (Å²) in [5.41, 5.74) is 2.78. The van der Waals surface area contributed by atoms with Crippen LogP contribution in [0.5, 0.6) is 0 Å². The van der Waals surface area contributed by atoms with Crippen molar-refractivity contribution in [2.45, 2.75) is 106 Å². The molecule has 0 spiro atoms. The van der Waals surface area contributed by atoms with Crippen molar-refractivity contribution >= 4 is 0 Å². The highest BCUT2D eigenvalue weighted by molar-refractivity contribution is 5.36. The van der Waals surface area contributed by atoms with E-state index in [0.29, 0.717) is 28.6 Å². The van der Waals surface area contributed by atoms with E-state index in [9.17, 15) is 10.2 Å². The van der Waals surface area contributed by atoms with E-state index in [2.05, 4.69) is 66.7 Å². The first-order valence-corrected chi connectivity index (χ1v) is 13.5. The van der Waals surface area contributed by atoms with Crippen molar-refractivity contribution in [1.82, 2.24) is 0 Å². The zero-order valence-corrected chi connectivity index (χ0v) is 21.8. The smallest absolute Gasteiger partial charge is 0.0618 e. The van der Waals surface area contributed by atoms with E-state index in [4.69, 9.17) is 0 Å². The average Bonchev–Trinajstić information content (AvgIpc) is 2.73. The number of aliphatic hydroxyl groups is 2. The molecule has 0 aromatic heterocycles. The van der Waals surface area contributed by atoms with E-state index in [-0.39, 0.29) is 34.4 Å². The fourth-order valence-electron chi connectivity index (χ4n) is 10.1. The molecule has 0 bridgehead atoms. The molecule has 0 heterocycles. The maximum Gasteiger partial charge on any atom is 0.0618 e. The van der Waals surface area contributed by atoms with Crippen LogP contribution in [0.4, 0.5) is 0 Å². The largest absolute Gasteiger partial charge is 0.396 e. The summed E-state index contributed by atoms with van der Waals surface area (Å²) in [7, 11) is 0. The van der Waals surface area contributed by atoms with E-state index in [1.165, 1.54) is 32.1 Å². The second-order valence-corrected chi connectivity index (χ2v) is 14.6. The summed E-state index contributed by atoms with van der Waals surface area (Å²) in [6, 6.07) is 0. The molecular weight excluding hydrogens is 392 g/mol. The Kier molecular flexibility index (Phi) is 4.88. The minimum Gasteiger partial charge on any atom is -0.396 e. The van der Waals surface area contributed by atoms with Gasteiger partial charge in [0.1, 0.15) is 0 Å². The van der Waals surface area contributed by atoms with Gasteiger partial charge in [0.25, 0.3) is 0 Å². The van der Waals surface area contributed by atoms with E-state index >= 15 is 0 Å². The van der Waals surface area contributed by atoms with Crippen molar-refractivity contribution in [3.63, 3.8) is 0 Å². The van der Waals surface area contributed by atoms with Gasteiger partial charge in [-0.3, -0.25) is 0 Å². The van der Waals surface area contributed by atoms with Gasteiger partial charge in [0.2, 0.25) is 0 Å². The van der Waals surface area contributed by atoms with Crippen molar-refractivity contribution in [1.29, 1.82) is 0 Å². The Labute approximate surface area is 197 Å².